The van der Waals surface area contributed by atoms with Crippen molar-refractivity contribution in [3.8, 4) is 17.4 Å². The average molecular weight is 1080 g/mol. The number of hydrogen-bond donors (Lipinski definition) is 1. The number of hydrogen-bond acceptors (Lipinski definition) is 16. The van der Waals surface area contributed by atoms with Crippen LogP contribution >= 0.6 is 11.6 Å². The van der Waals surface area contributed by atoms with Gasteiger partial charge >= 0.3 is 22.4 Å². The van der Waals surface area contributed by atoms with Crippen LogP contribution in [0.5, 0.6) is 17.4 Å². The Labute approximate surface area is 443 Å². The number of pyridine rings is 1. The molecule has 0 bridgehead atoms. The van der Waals surface area contributed by atoms with Gasteiger partial charge in [0.25, 0.3) is 5.69 Å². The summed E-state index contributed by atoms with van der Waals surface area (Å²) in [6.45, 7) is 15.2. The van der Waals surface area contributed by atoms with E-state index in [1.807, 2.05) is 54.5 Å². The van der Waals surface area contributed by atoms with Crippen LogP contribution in [0.2, 0.25) is 5.02 Å². The maximum absolute atomic E-state index is 14.8. The van der Waals surface area contributed by atoms with Crippen molar-refractivity contribution in [1.29, 1.82) is 0 Å². The average Bonchev–Trinajstić information content (AvgIpc) is 3.97. The predicted octanol–water partition coefficient (Wildman–Crippen LogP) is 10.3. The Kier molecular flexibility index (Phi) is 17.2. The number of likely N-dealkylation sites (tertiary alicyclic amines) is 1. The fraction of sp³-hybridized carbons (Fsp3) is 0.630. The van der Waals surface area contributed by atoms with Crippen molar-refractivity contribution < 1.29 is 65.2 Å². The first-order chi connectivity index (χ1) is 35.2. The molecule has 4 saturated carbocycles. The van der Waals surface area contributed by atoms with Crippen molar-refractivity contribution in [2.75, 3.05) is 13.2 Å². The van der Waals surface area contributed by atoms with Crippen molar-refractivity contribution in [2.45, 2.75) is 181 Å². The number of nitrogens with zero attached hydrogens (tertiary/aromatic N) is 3. The number of halogens is 1. The molecule has 75 heavy (non-hydrogen) atoms. The highest BCUT2D eigenvalue weighted by Gasteiger charge is 2.62. The highest BCUT2D eigenvalue weighted by atomic mass is 35.5. The highest BCUT2D eigenvalue weighted by Crippen LogP contribution is 2.58. The first kappa shape index (κ1) is 57.1. The van der Waals surface area contributed by atoms with Gasteiger partial charge in [-0.25, -0.2) is 18.7 Å². The second-order valence-corrected chi connectivity index (χ2v) is 24.3. The molecule has 410 valence electrons. The minimum atomic E-state index is -4.42. The number of nitro groups is 1. The lowest BCUT2D eigenvalue weighted by atomic mass is 9.77. The number of aromatic nitrogens is 1. The van der Waals surface area contributed by atoms with Crippen molar-refractivity contribution >= 4 is 68.2 Å². The molecular formula is C54H71ClN4O15S. The first-order valence-corrected chi connectivity index (χ1v) is 27.8. The van der Waals surface area contributed by atoms with Crippen LogP contribution in [-0.2, 0) is 43.1 Å². The van der Waals surface area contributed by atoms with E-state index in [2.05, 4.69) is 9.71 Å². The van der Waals surface area contributed by atoms with Crippen LogP contribution in [0.25, 0.3) is 10.9 Å². The number of para-hydroxylation sites is 1. The Hall–Kier alpha value is -5.60. The molecule has 1 aromatic heterocycles. The van der Waals surface area contributed by atoms with Gasteiger partial charge in [0.15, 0.2) is 5.78 Å². The third-order valence-corrected chi connectivity index (χ3v) is 16.7. The number of carbonyl (C=O) groups is 5. The second-order valence-electron chi connectivity index (χ2n) is 22.7. The van der Waals surface area contributed by atoms with E-state index in [1.54, 1.807) is 25.1 Å². The smallest absolute Gasteiger partial charge is 0.488 e. The second kappa shape index (κ2) is 22.5. The predicted molar refractivity (Wildman–Crippen MR) is 276 cm³/mol. The topological polar surface area (TPSA) is 246 Å². The molecule has 8 rings (SSSR count). The number of rotatable bonds is 19. The zero-order valence-electron chi connectivity index (χ0n) is 44.2. The number of nitro benzene ring substituents is 1. The zero-order chi connectivity index (χ0) is 54.7. The Bertz CT molecular complexity index is 2750. The van der Waals surface area contributed by atoms with Gasteiger partial charge in [0.1, 0.15) is 28.8 Å². The number of non-ortho nitro benzene ring substituents is 1. The van der Waals surface area contributed by atoms with Gasteiger partial charge in [-0.15, -0.1) is 0 Å². The molecule has 5 atom stereocenters. The molecule has 5 aliphatic rings. The SMILES string of the molecule is CC1(OC(=O)Oc2ccc([N+](=O)[O-])cc2)CCCC1.CCOc1cc(O[C@@H]2C[C@@H](C(=O)C[C@]3(C(=O)NS(=O)(=O)OC4(C)CC4)C[C@H]3CC)N(C(=O)[C@@H](CC(=O)OC3(C)CCCC3)C(C)(C)C)C2)c2cccc(Cl)c2n1. The van der Waals surface area contributed by atoms with E-state index in [0.29, 0.717) is 59.8 Å². The van der Waals surface area contributed by atoms with Gasteiger partial charge in [-0.1, -0.05) is 51.8 Å². The number of fused-ring (bicyclic) bond motifs is 1. The molecule has 3 aromatic rings. The van der Waals surface area contributed by atoms with Gasteiger partial charge in [0.05, 0.1) is 58.0 Å². The number of ketones is 1. The molecule has 2 aromatic carbocycles. The highest BCUT2D eigenvalue weighted by molar-refractivity contribution is 7.85. The standard InChI is InChI=1S/C41H56ClN3O10S.C13H15NO5/c1-8-25-22-41(25,37(49)44-56(50,51)55-40(7)17-18-40)23-31(46)30-19-26(53-32-21-33(52-9-2)43-35-27(32)13-12-14-29(35)42)24-45(30)36(48)28(38(3,4)5)20-34(47)54-39(6)15-10-11-16-39;1-13(8-2-3-9-13)19-12(15)18-11-6-4-10(5-7-11)14(16)17/h12-14,21,25-26,28,30H,8-11,15-20,22-24H2,1-7H3,(H,44,49);4-7H,2-3,8-9H2,1H3/t25-,26-,28-,30+,41-;/m1./s1. The number of nitrogens with one attached hydrogen (secondary N) is 1. The third-order valence-electron chi connectivity index (χ3n) is 15.4. The number of benzene rings is 2. The van der Waals surface area contributed by atoms with Crippen LogP contribution in [0.3, 0.4) is 0 Å². The van der Waals surface area contributed by atoms with Gasteiger partial charge in [-0.05, 0) is 134 Å². The maximum atomic E-state index is 14.8. The van der Waals surface area contributed by atoms with E-state index in [1.165, 1.54) is 29.2 Å². The largest absolute Gasteiger partial charge is 0.514 e. The summed E-state index contributed by atoms with van der Waals surface area (Å²) in [5.74, 6) is -2.19. The van der Waals surface area contributed by atoms with E-state index in [-0.39, 0.29) is 43.2 Å². The summed E-state index contributed by atoms with van der Waals surface area (Å²) < 4.78 is 61.6. The Balaban J connectivity index is 0.000000361. The molecule has 1 N–H and O–H groups in total. The summed E-state index contributed by atoms with van der Waals surface area (Å²) >= 11 is 6.53. The van der Waals surface area contributed by atoms with Gasteiger partial charge in [-0.2, -0.15) is 8.42 Å². The fourth-order valence-corrected chi connectivity index (χ4v) is 12.0. The van der Waals surface area contributed by atoms with Gasteiger partial charge in [0.2, 0.25) is 17.7 Å². The lowest BCUT2D eigenvalue weighted by Crippen LogP contribution is -2.49. The van der Waals surface area contributed by atoms with Crippen molar-refractivity contribution in [3.05, 3.63) is 63.7 Å². The number of esters is 1. The third kappa shape index (κ3) is 14.3. The summed E-state index contributed by atoms with van der Waals surface area (Å²) in [5, 5.41) is 11.5. The van der Waals surface area contributed by atoms with Crippen LogP contribution in [0.15, 0.2) is 48.5 Å². The minimum absolute atomic E-state index is 0.0140. The molecular weight excluding hydrogens is 1010 g/mol. The maximum Gasteiger partial charge on any atom is 0.514 e. The molecule has 0 unspecified atom stereocenters. The number of carbonyl (C=O) groups excluding carboxylic acids is 5. The van der Waals surface area contributed by atoms with Crippen LogP contribution in [0, 0.1) is 32.8 Å². The molecule has 4 aliphatic carbocycles. The molecule has 1 aliphatic heterocycles. The van der Waals surface area contributed by atoms with Crippen molar-refractivity contribution in [2.24, 2.45) is 22.7 Å². The molecule has 0 radical (unpaired) electrons. The van der Waals surface area contributed by atoms with Gasteiger partial charge in [-0.3, -0.25) is 29.3 Å². The molecule has 21 heteroatoms. The zero-order valence-corrected chi connectivity index (χ0v) is 45.8. The van der Waals surface area contributed by atoms with E-state index >= 15 is 0 Å². The van der Waals surface area contributed by atoms with E-state index in [4.69, 9.17) is 39.5 Å². The monoisotopic (exact) mass is 1080 g/mol. The first-order valence-electron chi connectivity index (χ1n) is 26.1. The van der Waals surface area contributed by atoms with Crippen molar-refractivity contribution in [1.82, 2.24) is 14.6 Å². The summed E-state index contributed by atoms with van der Waals surface area (Å²) in [4.78, 5) is 84.2. The number of Topliss-reactive ketones (excluding diaryl/α,β-unsaturated/α-hetero) is 1. The van der Waals surface area contributed by atoms with Crippen LogP contribution in [0.4, 0.5) is 10.5 Å². The molecule has 2 heterocycles. The number of ether oxygens (including phenoxy) is 5. The lowest BCUT2D eigenvalue weighted by Gasteiger charge is -2.35. The Morgan fingerprint density at radius 3 is 2.09 bits per heavy atom. The normalized spacial score (nSPS) is 23.5. The van der Waals surface area contributed by atoms with E-state index in [0.717, 1.165) is 51.4 Å². The summed E-state index contributed by atoms with van der Waals surface area (Å²) in [5.41, 5.74) is -3.43. The summed E-state index contributed by atoms with van der Waals surface area (Å²) in [7, 11) is -4.42. The quantitative estimate of drug-likeness (QED) is 0.0507. The van der Waals surface area contributed by atoms with Crippen LogP contribution in [-0.4, -0.2) is 95.0 Å². The molecule has 0 spiro atoms. The molecule has 19 nitrogen and oxygen atoms in total. The van der Waals surface area contributed by atoms with Gasteiger partial charge < -0.3 is 28.6 Å². The van der Waals surface area contributed by atoms with E-state index in [9.17, 15) is 42.5 Å². The minimum Gasteiger partial charge on any atom is -0.488 e. The van der Waals surface area contributed by atoms with Crippen LogP contribution < -0.4 is 18.9 Å². The van der Waals surface area contributed by atoms with E-state index < -0.39 is 90.6 Å². The summed E-state index contributed by atoms with van der Waals surface area (Å²) in [6.07, 6.45) is 7.36. The number of amides is 2. The molecule has 1 saturated heterocycles. The Morgan fingerprint density at radius 2 is 1.53 bits per heavy atom. The Morgan fingerprint density at radius 1 is 0.907 bits per heavy atom. The molecule has 5 fully saturated rings. The summed E-state index contributed by atoms with van der Waals surface area (Å²) in [6, 6.07) is 11.2. The van der Waals surface area contributed by atoms with Crippen molar-refractivity contribution in [3.63, 3.8) is 0 Å². The fourth-order valence-electron chi connectivity index (χ4n) is 10.6. The lowest BCUT2D eigenvalue weighted by molar-refractivity contribution is -0.384. The van der Waals surface area contributed by atoms with Gasteiger partial charge in [0, 0.05) is 36.4 Å². The van der Waals surface area contributed by atoms with Crippen LogP contribution in [0.1, 0.15) is 152 Å². The molecule has 2 amide bonds.